The molecule has 0 amide bonds. The van der Waals surface area contributed by atoms with Crippen LogP contribution in [0.15, 0.2) is 36.5 Å². The van der Waals surface area contributed by atoms with E-state index in [1.165, 1.54) is 7.11 Å². The van der Waals surface area contributed by atoms with Gasteiger partial charge in [-0.05, 0) is 29.8 Å². The topological polar surface area (TPSA) is 78.9 Å². The van der Waals surface area contributed by atoms with Gasteiger partial charge in [-0.25, -0.2) is 4.98 Å². The molecule has 5 heteroatoms. The highest BCUT2D eigenvalue weighted by Crippen LogP contribution is 2.28. The summed E-state index contributed by atoms with van der Waals surface area (Å²) in [5.74, 6) is 1.04. The van der Waals surface area contributed by atoms with Crippen molar-refractivity contribution in [3.8, 4) is 23.6 Å². The lowest BCUT2D eigenvalue weighted by atomic mass is 10.2. The fourth-order valence-corrected chi connectivity index (χ4v) is 1.64. The monoisotopic (exact) mass is 265 g/mol. The van der Waals surface area contributed by atoms with E-state index in [9.17, 15) is 0 Å². The highest BCUT2D eigenvalue weighted by Gasteiger charge is 2.06. The Morgan fingerprint density at radius 2 is 1.95 bits per heavy atom. The number of ether oxygens (including phenoxy) is 2. The smallest absolute Gasteiger partial charge is 0.162 e. The first-order valence-corrected chi connectivity index (χ1v) is 5.83. The molecule has 1 aromatic carbocycles. The van der Waals surface area contributed by atoms with Crippen LogP contribution in [0.1, 0.15) is 16.8 Å². The molecule has 0 fully saturated rings. The van der Waals surface area contributed by atoms with Gasteiger partial charge in [0.2, 0.25) is 0 Å². The zero-order valence-electron chi connectivity index (χ0n) is 10.8. The second-order valence-electron chi connectivity index (χ2n) is 3.93. The van der Waals surface area contributed by atoms with Crippen LogP contribution in [0, 0.1) is 22.7 Å². The third-order valence-electron chi connectivity index (χ3n) is 2.63. The molecule has 0 N–H and O–H groups in total. The molecular weight excluding hydrogens is 254 g/mol. The highest BCUT2D eigenvalue weighted by atomic mass is 16.5. The predicted octanol–water partition coefficient (Wildman–Crippen LogP) is 2.41. The quantitative estimate of drug-likeness (QED) is 0.848. The van der Waals surface area contributed by atoms with Crippen LogP contribution in [0.5, 0.6) is 11.5 Å². The molecule has 0 saturated carbocycles. The minimum atomic E-state index is 0.291. The van der Waals surface area contributed by atoms with E-state index < -0.39 is 0 Å². The molecule has 0 radical (unpaired) electrons. The maximum atomic E-state index is 8.83. The van der Waals surface area contributed by atoms with Gasteiger partial charge < -0.3 is 9.47 Å². The predicted molar refractivity (Wildman–Crippen MR) is 71.0 cm³/mol. The van der Waals surface area contributed by atoms with Gasteiger partial charge in [-0.2, -0.15) is 10.5 Å². The van der Waals surface area contributed by atoms with Crippen molar-refractivity contribution in [2.24, 2.45) is 0 Å². The number of pyridine rings is 1. The lowest BCUT2D eigenvalue weighted by Gasteiger charge is -2.10. The van der Waals surface area contributed by atoms with Crippen LogP contribution in [0.2, 0.25) is 0 Å². The van der Waals surface area contributed by atoms with E-state index in [-0.39, 0.29) is 0 Å². The summed E-state index contributed by atoms with van der Waals surface area (Å²) in [7, 11) is 1.52. The first-order chi connectivity index (χ1) is 9.76. The highest BCUT2D eigenvalue weighted by molar-refractivity contribution is 5.46. The maximum Gasteiger partial charge on any atom is 0.162 e. The molecule has 20 heavy (non-hydrogen) atoms. The zero-order valence-corrected chi connectivity index (χ0v) is 10.8. The van der Waals surface area contributed by atoms with E-state index in [0.717, 1.165) is 5.56 Å². The molecule has 0 aliphatic rings. The Labute approximate surface area is 116 Å². The van der Waals surface area contributed by atoms with Crippen molar-refractivity contribution in [1.82, 2.24) is 4.98 Å². The molecule has 0 unspecified atom stereocenters. The van der Waals surface area contributed by atoms with E-state index in [0.29, 0.717) is 29.4 Å². The summed E-state index contributed by atoms with van der Waals surface area (Å²) in [4.78, 5) is 3.89. The van der Waals surface area contributed by atoms with E-state index in [4.69, 9.17) is 20.0 Å². The average molecular weight is 265 g/mol. The van der Waals surface area contributed by atoms with Crippen molar-refractivity contribution in [3.63, 3.8) is 0 Å². The summed E-state index contributed by atoms with van der Waals surface area (Å²) in [6, 6.07) is 12.4. The van der Waals surface area contributed by atoms with E-state index in [1.54, 1.807) is 36.5 Å². The third-order valence-corrected chi connectivity index (χ3v) is 2.63. The normalized spacial score (nSPS) is 9.35. The van der Waals surface area contributed by atoms with Gasteiger partial charge >= 0.3 is 0 Å². The van der Waals surface area contributed by atoms with Gasteiger partial charge in [-0.15, -0.1) is 0 Å². The number of aromatic nitrogens is 1. The van der Waals surface area contributed by atoms with E-state index in [2.05, 4.69) is 4.98 Å². The standard InChI is InChI=1S/C15H11N3O2/c1-19-15-7-11(8-16)2-3-14(15)20-10-12-4-5-18-13(6-12)9-17/h2-7H,10H2,1H3. The Morgan fingerprint density at radius 1 is 1.10 bits per heavy atom. The van der Waals surface area contributed by atoms with Crippen molar-refractivity contribution < 1.29 is 9.47 Å². The summed E-state index contributed by atoms with van der Waals surface area (Å²) >= 11 is 0. The molecule has 5 nitrogen and oxygen atoms in total. The Hall–Kier alpha value is -3.05. The fourth-order valence-electron chi connectivity index (χ4n) is 1.64. The largest absolute Gasteiger partial charge is 0.493 e. The number of benzene rings is 1. The van der Waals surface area contributed by atoms with Gasteiger partial charge in [0.15, 0.2) is 11.5 Å². The molecule has 98 valence electrons. The number of hydrogen-bond acceptors (Lipinski definition) is 5. The number of methoxy groups -OCH3 is 1. The van der Waals surface area contributed by atoms with Crippen molar-refractivity contribution in [2.75, 3.05) is 7.11 Å². The van der Waals surface area contributed by atoms with Gasteiger partial charge in [0.25, 0.3) is 0 Å². The van der Waals surface area contributed by atoms with Crippen LogP contribution in [0.3, 0.4) is 0 Å². The minimum absolute atomic E-state index is 0.291. The number of hydrogen-bond donors (Lipinski definition) is 0. The third kappa shape index (κ3) is 3.04. The van der Waals surface area contributed by atoms with Crippen LogP contribution in [-0.2, 0) is 6.61 Å². The Balaban J connectivity index is 2.15. The van der Waals surface area contributed by atoms with Crippen molar-refractivity contribution in [3.05, 3.63) is 53.3 Å². The second kappa shape index (κ2) is 6.21. The summed E-state index contributed by atoms with van der Waals surface area (Å²) in [5, 5.41) is 17.6. The average Bonchev–Trinajstić information content (AvgIpc) is 2.52. The van der Waals surface area contributed by atoms with Gasteiger partial charge in [0, 0.05) is 12.3 Å². The summed E-state index contributed by atoms with van der Waals surface area (Å²) in [6.45, 7) is 0.291. The molecule has 0 aliphatic heterocycles. The van der Waals surface area contributed by atoms with Crippen LogP contribution in [0.4, 0.5) is 0 Å². The molecule has 2 rings (SSSR count). The molecule has 1 heterocycles. The second-order valence-corrected chi connectivity index (χ2v) is 3.93. The molecule has 1 aromatic heterocycles. The molecule has 0 saturated heterocycles. The molecule has 0 atom stereocenters. The van der Waals surface area contributed by atoms with Crippen LogP contribution >= 0.6 is 0 Å². The van der Waals surface area contributed by atoms with Gasteiger partial charge in [0.1, 0.15) is 18.4 Å². The van der Waals surface area contributed by atoms with Crippen LogP contribution in [0.25, 0.3) is 0 Å². The fraction of sp³-hybridized carbons (Fsp3) is 0.133. The maximum absolute atomic E-state index is 8.83. The minimum Gasteiger partial charge on any atom is -0.493 e. The van der Waals surface area contributed by atoms with E-state index in [1.807, 2.05) is 12.1 Å². The SMILES string of the molecule is COc1cc(C#N)ccc1OCc1ccnc(C#N)c1. The Morgan fingerprint density at radius 3 is 2.65 bits per heavy atom. The molecule has 2 aromatic rings. The van der Waals surface area contributed by atoms with E-state index >= 15 is 0 Å². The number of nitriles is 2. The van der Waals surface area contributed by atoms with Crippen molar-refractivity contribution >= 4 is 0 Å². The summed E-state index contributed by atoms with van der Waals surface area (Å²) in [6.07, 6.45) is 1.56. The van der Waals surface area contributed by atoms with Crippen LogP contribution in [-0.4, -0.2) is 12.1 Å². The lowest BCUT2D eigenvalue weighted by Crippen LogP contribution is -1.99. The molecular formula is C15H11N3O2. The van der Waals surface area contributed by atoms with Crippen molar-refractivity contribution in [1.29, 1.82) is 10.5 Å². The number of nitrogens with zero attached hydrogens (tertiary/aromatic N) is 3. The van der Waals surface area contributed by atoms with Crippen molar-refractivity contribution in [2.45, 2.75) is 6.61 Å². The van der Waals surface area contributed by atoms with Gasteiger partial charge in [-0.1, -0.05) is 0 Å². The Kier molecular flexibility index (Phi) is 4.16. The van der Waals surface area contributed by atoms with Crippen LogP contribution < -0.4 is 9.47 Å². The zero-order chi connectivity index (χ0) is 14.4. The first kappa shape index (κ1) is 13.4. The van der Waals surface area contributed by atoms with Gasteiger partial charge in [0.05, 0.1) is 18.7 Å². The molecule has 0 aliphatic carbocycles. The first-order valence-electron chi connectivity index (χ1n) is 5.83. The molecule has 0 bridgehead atoms. The lowest BCUT2D eigenvalue weighted by molar-refractivity contribution is 0.284. The Bertz CT molecular complexity index is 699. The summed E-state index contributed by atoms with van der Waals surface area (Å²) in [5.41, 5.74) is 1.69. The van der Waals surface area contributed by atoms with Gasteiger partial charge in [-0.3, -0.25) is 0 Å². The number of rotatable bonds is 4. The summed E-state index contributed by atoms with van der Waals surface area (Å²) < 4.78 is 10.8. The molecule has 0 spiro atoms.